The average molecular weight is 162 g/mol. The number of aliphatic hydroxyl groups excluding tert-OH is 1. The number of aliphatic hydroxyl groups is 1. The van der Waals surface area contributed by atoms with Gasteiger partial charge in [0, 0.05) is 0 Å². The zero-order valence-electron chi connectivity index (χ0n) is 6.76. The van der Waals surface area contributed by atoms with Crippen molar-refractivity contribution in [1.82, 2.24) is 0 Å². The molecule has 0 aliphatic carbocycles. The largest absolute Gasteiger partial charge is 0.464 e. The van der Waals surface area contributed by atoms with Gasteiger partial charge in [-0.05, 0) is 13.8 Å². The summed E-state index contributed by atoms with van der Waals surface area (Å²) in [6.07, 6.45) is 0. The molecule has 5 heteroatoms. The normalized spacial score (nSPS) is 7.55. The van der Waals surface area contributed by atoms with Crippen molar-refractivity contribution in [3.63, 3.8) is 0 Å². The van der Waals surface area contributed by atoms with E-state index in [-0.39, 0.29) is 5.84 Å². The van der Waals surface area contributed by atoms with Gasteiger partial charge in [0.1, 0.15) is 6.61 Å². The minimum absolute atomic E-state index is 0.167. The fraction of sp³-hybridized carbons (Fsp3) is 0.667. The SMILES string of the molecule is CC(=N)N.CCOC(=O)CO. The van der Waals surface area contributed by atoms with Crippen LogP contribution in [0.2, 0.25) is 0 Å². The summed E-state index contributed by atoms with van der Waals surface area (Å²) in [5.74, 6) is -0.400. The lowest BCUT2D eigenvalue weighted by molar-refractivity contribution is -0.146. The first-order valence-corrected chi connectivity index (χ1v) is 3.11. The Balaban J connectivity index is 0. The summed E-state index contributed by atoms with van der Waals surface area (Å²) in [6.45, 7) is 3.03. The zero-order chi connectivity index (χ0) is 9.28. The summed E-state index contributed by atoms with van der Waals surface area (Å²) in [5, 5.41) is 14.3. The number of carbonyl (C=O) groups is 1. The molecule has 0 heterocycles. The molecule has 0 saturated carbocycles. The van der Waals surface area contributed by atoms with Crippen molar-refractivity contribution >= 4 is 11.8 Å². The van der Waals surface area contributed by atoms with E-state index in [4.69, 9.17) is 16.2 Å². The van der Waals surface area contributed by atoms with E-state index in [9.17, 15) is 4.79 Å². The van der Waals surface area contributed by atoms with Gasteiger partial charge in [0.15, 0.2) is 0 Å². The van der Waals surface area contributed by atoms with E-state index in [1.54, 1.807) is 6.92 Å². The topological polar surface area (TPSA) is 96.4 Å². The van der Waals surface area contributed by atoms with E-state index < -0.39 is 12.6 Å². The van der Waals surface area contributed by atoms with Crippen LogP contribution >= 0.6 is 0 Å². The van der Waals surface area contributed by atoms with Gasteiger partial charge in [0.05, 0.1) is 12.4 Å². The fourth-order valence-electron chi connectivity index (χ4n) is 0.207. The third kappa shape index (κ3) is 27.9. The predicted octanol–water partition coefficient (Wildman–Crippen LogP) is -0.516. The first-order chi connectivity index (χ1) is 5.04. The number of rotatable bonds is 2. The molecule has 0 aliphatic rings. The first-order valence-electron chi connectivity index (χ1n) is 3.11. The first kappa shape index (κ1) is 12.6. The molecule has 0 rings (SSSR count). The molecule has 0 fully saturated rings. The molecule has 0 aromatic carbocycles. The van der Waals surface area contributed by atoms with Crippen LogP contribution in [-0.2, 0) is 9.53 Å². The quantitative estimate of drug-likeness (QED) is 0.289. The molecule has 11 heavy (non-hydrogen) atoms. The Morgan fingerprint density at radius 1 is 1.73 bits per heavy atom. The number of ether oxygens (including phenoxy) is 1. The van der Waals surface area contributed by atoms with Gasteiger partial charge in [-0.15, -0.1) is 0 Å². The molecule has 0 bridgehead atoms. The zero-order valence-corrected chi connectivity index (χ0v) is 6.76. The molecule has 0 saturated heterocycles. The summed E-state index contributed by atoms with van der Waals surface area (Å²) in [7, 11) is 0. The van der Waals surface area contributed by atoms with Crippen molar-refractivity contribution in [3.05, 3.63) is 0 Å². The lowest BCUT2D eigenvalue weighted by Crippen LogP contribution is -2.07. The molecule has 0 spiro atoms. The Labute approximate surface area is 65.7 Å². The van der Waals surface area contributed by atoms with Crippen molar-refractivity contribution in [2.24, 2.45) is 5.73 Å². The molecule has 0 aromatic heterocycles. The molecule has 0 aliphatic heterocycles. The highest BCUT2D eigenvalue weighted by atomic mass is 16.5. The van der Waals surface area contributed by atoms with Crippen LogP contribution in [-0.4, -0.2) is 30.1 Å². The minimum atomic E-state index is -0.567. The van der Waals surface area contributed by atoms with Gasteiger partial charge in [-0.2, -0.15) is 0 Å². The van der Waals surface area contributed by atoms with Crippen LogP contribution in [0.3, 0.4) is 0 Å². The highest BCUT2D eigenvalue weighted by molar-refractivity contribution is 5.73. The Morgan fingerprint density at radius 3 is 2.18 bits per heavy atom. The van der Waals surface area contributed by atoms with Crippen LogP contribution in [0.1, 0.15) is 13.8 Å². The number of hydrogen-bond donors (Lipinski definition) is 3. The monoisotopic (exact) mass is 162 g/mol. The molecule has 0 amide bonds. The van der Waals surface area contributed by atoms with Crippen LogP contribution < -0.4 is 5.73 Å². The van der Waals surface area contributed by atoms with Crippen LogP contribution in [0.25, 0.3) is 0 Å². The van der Waals surface area contributed by atoms with E-state index in [1.165, 1.54) is 6.92 Å². The number of nitrogens with two attached hydrogens (primary N) is 1. The van der Waals surface area contributed by atoms with E-state index in [1.807, 2.05) is 0 Å². The van der Waals surface area contributed by atoms with E-state index >= 15 is 0 Å². The molecular weight excluding hydrogens is 148 g/mol. The number of carbonyl (C=O) groups excluding carboxylic acids is 1. The molecule has 4 N–H and O–H groups in total. The average Bonchev–Trinajstić information content (AvgIpc) is 1.87. The molecule has 66 valence electrons. The van der Waals surface area contributed by atoms with Crippen LogP contribution in [0.5, 0.6) is 0 Å². The van der Waals surface area contributed by atoms with Crippen molar-refractivity contribution in [2.75, 3.05) is 13.2 Å². The predicted molar refractivity (Wildman–Crippen MR) is 41.3 cm³/mol. The van der Waals surface area contributed by atoms with Crippen molar-refractivity contribution in [1.29, 1.82) is 5.41 Å². The second kappa shape index (κ2) is 8.90. The minimum Gasteiger partial charge on any atom is -0.464 e. The molecule has 0 aromatic rings. The smallest absolute Gasteiger partial charge is 0.331 e. The van der Waals surface area contributed by atoms with Crippen molar-refractivity contribution < 1.29 is 14.6 Å². The Hall–Kier alpha value is -1.10. The van der Waals surface area contributed by atoms with E-state index in [2.05, 4.69) is 4.74 Å². The second-order valence-corrected chi connectivity index (χ2v) is 1.65. The Morgan fingerprint density at radius 2 is 2.09 bits per heavy atom. The van der Waals surface area contributed by atoms with Crippen molar-refractivity contribution in [2.45, 2.75) is 13.8 Å². The van der Waals surface area contributed by atoms with Crippen LogP contribution in [0, 0.1) is 5.41 Å². The van der Waals surface area contributed by atoms with Gasteiger partial charge >= 0.3 is 5.97 Å². The number of amidine groups is 1. The van der Waals surface area contributed by atoms with Crippen LogP contribution in [0.15, 0.2) is 0 Å². The maximum Gasteiger partial charge on any atom is 0.331 e. The summed E-state index contributed by atoms with van der Waals surface area (Å²) in [4.78, 5) is 9.94. The van der Waals surface area contributed by atoms with Crippen LogP contribution in [0.4, 0.5) is 0 Å². The van der Waals surface area contributed by atoms with Crippen molar-refractivity contribution in [3.8, 4) is 0 Å². The number of hydrogen-bond acceptors (Lipinski definition) is 4. The summed E-state index contributed by atoms with van der Waals surface area (Å²) in [5.41, 5.74) is 4.69. The van der Waals surface area contributed by atoms with Gasteiger partial charge in [-0.1, -0.05) is 0 Å². The third-order valence-corrected chi connectivity index (χ3v) is 0.434. The van der Waals surface area contributed by atoms with Gasteiger partial charge in [-0.25, -0.2) is 4.79 Å². The second-order valence-electron chi connectivity index (χ2n) is 1.65. The summed E-state index contributed by atoms with van der Waals surface area (Å²) < 4.78 is 4.30. The lowest BCUT2D eigenvalue weighted by atomic mass is 10.7. The highest BCUT2D eigenvalue weighted by Crippen LogP contribution is 1.71. The van der Waals surface area contributed by atoms with Gasteiger partial charge < -0.3 is 15.6 Å². The maximum atomic E-state index is 9.94. The number of esters is 1. The molecular formula is C6H14N2O3. The standard InChI is InChI=1S/C4H8O3.C2H6N2/c1-2-7-4(6)3-5;1-2(3)4/h5H,2-3H2,1H3;1H3,(H3,3,4). The lowest BCUT2D eigenvalue weighted by Gasteiger charge is -1.93. The molecule has 0 atom stereocenters. The van der Waals surface area contributed by atoms with Gasteiger partial charge in [0.25, 0.3) is 0 Å². The highest BCUT2D eigenvalue weighted by Gasteiger charge is 1.92. The Kier molecular flexibility index (Phi) is 10.2. The van der Waals surface area contributed by atoms with E-state index in [0.29, 0.717) is 6.61 Å². The Bertz CT molecular complexity index is 121. The fourth-order valence-corrected chi connectivity index (χ4v) is 0.207. The molecule has 5 nitrogen and oxygen atoms in total. The van der Waals surface area contributed by atoms with Gasteiger partial charge in [-0.3, -0.25) is 5.41 Å². The van der Waals surface area contributed by atoms with E-state index in [0.717, 1.165) is 0 Å². The van der Waals surface area contributed by atoms with Gasteiger partial charge in [0.2, 0.25) is 0 Å². The number of nitrogens with one attached hydrogen (secondary N) is 1. The third-order valence-electron chi connectivity index (χ3n) is 0.434. The molecule has 0 unspecified atom stereocenters. The summed E-state index contributed by atoms with van der Waals surface area (Å²) >= 11 is 0. The maximum absolute atomic E-state index is 9.94. The molecule has 0 radical (unpaired) electrons. The summed E-state index contributed by atoms with van der Waals surface area (Å²) in [6, 6.07) is 0.